The van der Waals surface area contributed by atoms with Crippen molar-refractivity contribution in [2.75, 3.05) is 0 Å². The molecule has 3 aliphatic carbocycles. The molecule has 1 N–H and O–H groups in total. The summed E-state index contributed by atoms with van der Waals surface area (Å²) in [4.78, 5) is 0. The van der Waals surface area contributed by atoms with Crippen molar-refractivity contribution in [3.8, 4) is 5.75 Å². The predicted molar refractivity (Wildman–Crippen MR) is 82.7 cm³/mol. The lowest BCUT2D eigenvalue weighted by Gasteiger charge is -2.46. The maximum Gasteiger partial charge on any atom is 0.269 e. The first-order chi connectivity index (χ1) is 10.6. The summed E-state index contributed by atoms with van der Waals surface area (Å²) >= 11 is 0. The van der Waals surface area contributed by atoms with Gasteiger partial charge in [0.1, 0.15) is 5.75 Å². The molecule has 0 amide bonds. The number of phenols is 1. The first kappa shape index (κ1) is 14.0. The number of aromatic hydroxyl groups is 1. The van der Waals surface area contributed by atoms with Crippen molar-refractivity contribution in [3.05, 3.63) is 47.1 Å². The van der Waals surface area contributed by atoms with Gasteiger partial charge in [0.05, 0.1) is 0 Å². The molecule has 0 radical (unpaired) electrons. The number of hydrogen-bond acceptors (Lipinski definition) is 1. The molecule has 2 saturated carbocycles. The minimum absolute atomic E-state index is 0.307. The van der Waals surface area contributed by atoms with E-state index < -0.39 is 6.08 Å². The minimum Gasteiger partial charge on any atom is -0.508 e. The van der Waals surface area contributed by atoms with Gasteiger partial charge in [0.25, 0.3) is 6.08 Å². The highest BCUT2D eigenvalue weighted by molar-refractivity contribution is 5.60. The second-order valence-corrected chi connectivity index (χ2v) is 6.96. The second kappa shape index (κ2) is 5.22. The molecule has 22 heavy (non-hydrogen) atoms. The highest BCUT2D eigenvalue weighted by Crippen LogP contribution is 2.54. The van der Waals surface area contributed by atoms with E-state index in [9.17, 15) is 13.9 Å². The van der Waals surface area contributed by atoms with E-state index in [0.717, 1.165) is 24.8 Å². The van der Waals surface area contributed by atoms with Gasteiger partial charge in [0.15, 0.2) is 0 Å². The van der Waals surface area contributed by atoms with Gasteiger partial charge in [-0.3, -0.25) is 0 Å². The summed E-state index contributed by atoms with van der Waals surface area (Å²) in [6.45, 7) is 0. The Balaban J connectivity index is 1.63. The van der Waals surface area contributed by atoms with Gasteiger partial charge < -0.3 is 5.11 Å². The van der Waals surface area contributed by atoms with Crippen LogP contribution in [0.1, 0.15) is 49.1 Å². The molecule has 2 fully saturated rings. The molecule has 0 spiro atoms. The largest absolute Gasteiger partial charge is 0.508 e. The van der Waals surface area contributed by atoms with E-state index in [2.05, 4.69) is 12.2 Å². The van der Waals surface area contributed by atoms with Crippen LogP contribution < -0.4 is 0 Å². The molecule has 1 aromatic carbocycles. The van der Waals surface area contributed by atoms with E-state index in [-0.39, 0.29) is 0 Å². The number of halogens is 2. The molecule has 4 rings (SSSR count). The van der Waals surface area contributed by atoms with Crippen molar-refractivity contribution in [1.29, 1.82) is 0 Å². The Morgan fingerprint density at radius 1 is 1.14 bits per heavy atom. The normalized spacial score (nSPS) is 32.9. The molecule has 3 heteroatoms. The standard InChI is InChI=1S/C19H20F2O/c20-19(21)13-3-5-15-11(9-13)1-6-18-16-8-4-14(22)10-12(16)2-7-17(15)18/h2,4,7-8,10-11,15,17-18,22H,1,3,5-6,9H2. The summed E-state index contributed by atoms with van der Waals surface area (Å²) in [6, 6.07) is 5.64. The van der Waals surface area contributed by atoms with Gasteiger partial charge in [0.2, 0.25) is 0 Å². The van der Waals surface area contributed by atoms with Crippen LogP contribution in [0.2, 0.25) is 0 Å². The molecule has 4 unspecified atom stereocenters. The third kappa shape index (κ3) is 2.18. The SMILES string of the molecule is Oc1ccc2c(c1)C=CC1C2CCC2CC(=C(F)F)CCC21. The van der Waals surface area contributed by atoms with Crippen LogP contribution in [0, 0.1) is 17.8 Å². The summed E-state index contributed by atoms with van der Waals surface area (Å²) in [5.74, 6) is 2.21. The van der Waals surface area contributed by atoms with Crippen LogP contribution in [-0.4, -0.2) is 5.11 Å². The van der Waals surface area contributed by atoms with Gasteiger partial charge in [-0.2, -0.15) is 8.78 Å². The summed E-state index contributed by atoms with van der Waals surface area (Å²) < 4.78 is 25.8. The zero-order chi connectivity index (χ0) is 15.3. The van der Waals surface area contributed by atoms with E-state index in [1.807, 2.05) is 12.1 Å². The molecule has 0 heterocycles. The summed E-state index contributed by atoms with van der Waals surface area (Å²) in [6.07, 6.45) is 7.07. The van der Waals surface area contributed by atoms with Gasteiger partial charge in [-0.25, -0.2) is 0 Å². The van der Waals surface area contributed by atoms with E-state index in [1.54, 1.807) is 6.07 Å². The lowest BCUT2D eigenvalue weighted by atomic mass is 9.58. The smallest absolute Gasteiger partial charge is 0.269 e. The molecular weight excluding hydrogens is 282 g/mol. The molecule has 116 valence electrons. The molecule has 4 atom stereocenters. The lowest BCUT2D eigenvalue weighted by molar-refractivity contribution is 0.127. The molecule has 0 bridgehead atoms. The fraction of sp³-hybridized carbons (Fsp3) is 0.474. The highest BCUT2D eigenvalue weighted by Gasteiger charge is 2.42. The highest BCUT2D eigenvalue weighted by atomic mass is 19.3. The average molecular weight is 302 g/mol. The van der Waals surface area contributed by atoms with Gasteiger partial charge in [-0.15, -0.1) is 0 Å². The maximum atomic E-state index is 12.9. The van der Waals surface area contributed by atoms with Crippen LogP contribution in [0.25, 0.3) is 6.08 Å². The first-order valence-electron chi connectivity index (χ1n) is 8.17. The lowest BCUT2D eigenvalue weighted by Crippen LogP contribution is -2.36. The minimum atomic E-state index is -1.44. The molecule has 3 aliphatic rings. The molecular formula is C19H20F2O. The average Bonchev–Trinajstić information content (AvgIpc) is 2.53. The third-order valence-electron chi connectivity index (χ3n) is 5.94. The Hall–Kier alpha value is -1.64. The van der Waals surface area contributed by atoms with Crippen molar-refractivity contribution >= 4 is 6.08 Å². The van der Waals surface area contributed by atoms with Gasteiger partial charge >= 0.3 is 0 Å². The summed E-state index contributed by atoms with van der Waals surface area (Å²) in [5, 5.41) is 9.64. The fourth-order valence-corrected chi connectivity index (χ4v) is 4.92. The van der Waals surface area contributed by atoms with E-state index >= 15 is 0 Å². The molecule has 1 nitrogen and oxygen atoms in total. The number of rotatable bonds is 0. The van der Waals surface area contributed by atoms with Gasteiger partial charge in [-0.05, 0) is 84.6 Å². The zero-order valence-corrected chi connectivity index (χ0v) is 12.4. The number of fused-ring (bicyclic) bond motifs is 5. The molecule has 0 saturated heterocycles. The number of allylic oxidation sites excluding steroid dienone is 2. The Bertz CT molecular complexity index is 657. The van der Waals surface area contributed by atoms with Crippen molar-refractivity contribution in [1.82, 2.24) is 0 Å². The Morgan fingerprint density at radius 3 is 2.82 bits per heavy atom. The van der Waals surface area contributed by atoms with Crippen LogP contribution in [0.4, 0.5) is 8.78 Å². The molecule has 0 aliphatic heterocycles. The number of benzene rings is 1. The van der Waals surface area contributed by atoms with Crippen molar-refractivity contribution in [3.63, 3.8) is 0 Å². The quantitative estimate of drug-likeness (QED) is 0.673. The van der Waals surface area contributed by atoms with Crippen LogP contribution in [0.5, 0.6) is 5.75 Å². The Labute approximate surface area is 129 Å². The van der Waals surface area contributed by atoms with Crippen molar-refractivity contribution in [2.45, 2.75) is 38.0 Å². The van der Waals surface area contributed by atoms with Crippen LogP contribution in [0.15, 0.2) is 35.9 Å². The van der Waals surface area contributed by atoms with E-state index in [1.165, 1.54) is 5.56 Å². The third-order valence-corrected chi connectivity index (χ3v) is 5.94. The van der Waals surface area contributed by atoms with Crippen molar-refractivity contribution < 1.29 is 13.9 Å². The Morgan fingerprint density at radius 2 is 2.00 bits per heavy atom. The first-order valence-corrected chi connectivity index (χ1v) is 8.17. The van der Waals surface area contributed by atoms with Crippen molar-refractivity contribution in [2.24, 2.45) is 17.8 Å². The van der Waals surface area contributed by atoms with Gasteiger partial charge in [-0.1, -0.05) is 18.2 Å². The van der Waals surface area contributed by atoms with E-state index in [0.29, 0.717) is 47.8 Å². The fourth-order valence-electron chi connectivity index (χ4n) is 4.92. The molecule has 1 aromatic rings. The number of phenolic OH excluding ortho intramolecular Hbond substituents is 1. The maximum absolute atomic E-state index is 12.9. The topological polar surface area (TPSA) is 20.2 Å². The monoisotopic (exact) mass is 302 g/mol. The Kier molecular flexibility index (Phi) is 3.32. The summed E-state index contributed by atoms with van der Waals surface area (Å²) in [7, 11) is 0. The second-order valence-electron chi connectivity index (χ2n) is 6.96. The van der Waals surface area contributed by atoms with Crippen LogP contribution in [-0.2, 0) is 0 Å². The van der Waals surface area contributed by atoms with Crippen LogP contribution in [0.3, 0.4) is 0 Å². The van der Waals surface area contributed by atoms with Gasteiger partial charge in [0, 0.05) is 0 Å². The van der Waals surface area contributed by atoms with Crippen LogP contribution >= 0.6 is 0 Å². The zero-order valence-electron chi connectivity index (χ0n) is 12.4. The summed E-state index contributed by atoms with van der Waals surface area (Å²) in [5.41, 5.74) is 2.83. The molecule has 0 aromatic heterocycles. The number of hydrogen-bond donors (Lipinski definition) is 1. The van der Waals surface area contributed by atoms with E-state index in [4.69, 9.17) is 0 Å². The predicted octanol–water partition coefficient (Wildman–Crippen LogP) is 5.48.